The molecule has 0 atom stereocenters. The molecule has 3 heterocycles. The van der Waals surface area contributed by atoms with Gasteiger partial charge < -0.3 is 14.8 Å². The lowest BCUT2D eigenvalue weighted by atomic mass is 9.96. The Morgan fingerprint density at radius 2 is 1.83 bits per heavy atom. The van der Waals surface area contributed by atoms with E-state index in [1.807, 2.05) is 25.1 Å². The largest absolute Gasteiger partial charge is 0.496 e. The van der Waals surface area contributed by atoms with E-state index in [1.165, 1.54) is 17.2 Å². The first-order chi connectivity index (χ1) is 20.0. The van der Waals surface area contributed by atoms with Crippen molar-refractivity contribution in [3.63, 3.8) is 0 Å². The summed E-state index contributed by atoms with van der Waals surface area (Å²) >= 11 is 0. The first-order valence-corrected chi connectivity index (χ1v) is 14.0. The third-order valence-electron chi connectivity index (χ3n) is 7.77. The van der Waals surface area contributed by atoms with Crippen LogP contribution in [0.25, 0.3) is 10.9 Å². The highest BCUT2D eigenvalue weighted by Gasteiger charge is 2.22. The van der Waals surface area contributed by atoms with Crippen molar-refractivity contribution in [3.05, 3.63) is 99.4 Å². The van der Waals surface area contributed by atoms with Gasteiger partial charge in [-0.3, -0.25) is 19.2 Å². The topological polar surface area (TPSA) is 98.6 Å². The maximum atomic E-state index is 13.7. The first kappa shape index (κ1) is 28.4. The number of nitrogens with zero attached hydrogens (tertiary/aromatic N) is 4. The molecule has 1 aliphatic rings. The van der Waals surface area contributed by atoms with E-state index in [0.29, 0.717) is 34.8 Å². The average Bonchev–Trinajstić information content (AvgIpc) is 3.00. The number of nitrogens with one attached hydrogen (secondary N) is 1. The van der Waals surface area contributed by atoms with Gasteiger partial charge in [-0.15, -0.1) is 0 Å². The van der Waals surface area contributed by atoms with Gasteiger partial charge in [-0.05, 0) is 68.6 Å². The Hall–Kier alpha value is -4.08. The molecule has 1 aliphatic heterocycles. The third-order valence-corrected chi connectivity index (χ3v) is 7.77. The lowest BCUT2D eigenvalue weighted by Crippen LogP contribution is -2.37. The molecule has 0 bridgehead atoms. The molecule has 214 valence electrons. The molecule has 0 radical (unpaired) electrons. The van der Waals surface area contributed by atoms with Crippen LogP contribution in [-0.2, 0) is 24.4 Å². The fraction of sp³-hybridized carbons (Fsp3) is 0.375. The van der Waals surface area contributed by atoms with Crippen molar-refractivity contribution in [2.45, 2.75) is 39.4 Å². The summed E-state index contributed by atoms with van der Waals surface area (Å²) in [6.07, 6.45) is 3.88. The molecule has 9 nitrogen and oxygen atoms in total. The predicted octanol–water partition coefficient (Wildman–Crippen LogP) is 3.95. The maximum absolute atomic E-state index is 13.7. The Morgan fingerprint density at radius 1 is 1.05 bits per heavy atom. The molecule has 2 aromatic carbocycles. The number of ether oxygens (including phenoxy) is 2. The SMILES string of the molecule is COC(=O)c1nc2c(CNCC3CCN(Cc4ccccc4)CC3)nccc2c(=O)n1Cc1ccc(C)cc1OC. The summed E-state index contributed by atoms with van der Waals surface area (Å²) in [5.41, 5.74) is 3.86. The Balaban J connectivity index is 1.30. The fourth-order valence-electron chi connectivity index (χ4n) is 5.46. The molecular weight excluding hydrogens is 518 g/mol. The van der Waals surface area contributed by atoms with Gasteiger partial charge in [0.05, 0.1) is 31.8 Å². The Bertz CT molecular complexity index is 1560. The number of fused-ring (bicyclic) bond motifs is 1. The van der Waals surface area contributed by atoms with Crippen molar-refractivity contribution < 1.29 is 14.3 Å². The maximum Gasteiger partial charge on any atom is 0.374 e. The van der Waals surface area contributed by atoms with Crippen LogP contribution in [0.3, 0.4) is 0 Å². The lowest BCUT2D eigenvalue weighted by molar-refractivity contribution is 0.0579. The van der Waals surface area contributed by atoms with E-state index in [2.05, 4.69) is 50.5 Å². The lowest BCUT2D eigenvalue weighted by Gasteiger charge is -2.32. The Labute approximate surface area is 240 Å². The molecule has 0 amide bonds. The number of carbonyl (C=O) groups excluding carboxylic acids is 1. The highest BCUT2D eigenvalue weighted by atomic mass is 16.5. The van der Waals surface area contributed by atoms with Gasteiger partial charge >= 0.3 is 5.97 Å². The summed E-state index contributed by atoms with van der Waals surface area (Å²) in [4.78, 5) is 38.1. The van der Waals surface area contributed by atoms with Crippen molar-refractivity contribution in [2.24, 2.45) is 5.92 Å². The molecule has 4 aromatic rings. The molecule has 1 N–H and O–H groups in total. The normalized spacial score (nSPS) is 14.3. The number of hydrogen-bond donors (Lipinski definition) is 1. The number of rotatable bonds is 10. The standard InChI is InChI=1S/C32H37N5O4/c1-22-9-10-25(28(17-22)40-2)21-37-30(32(39)41-3)35-29-26(31(37)38)11-14-34-27(29)19-33-18-23-12-15-36(16-13-23)20-24-7-5-4-6-8-24/h4-11,14,17,23,33H,12-13,15-16,18-21H2,1-3H3. The minimum atomic E-state index is -0.680. The van der Waals surface area contributed by atoms with Crippen molar-refractivity contribution >= 4 is 16.9 Å². The number of piperidine rings is 1. The zero-order valence-electron chi connectivity index (χ0n) is 23.9. The summed E-state index contributed by atoms with van der Waals surface area (Å²) in [6.45, 7) is 6.52. The number of carbonyl (C=O) groups is 1. The second-order valence-corrected chi connectivity index (χ2v) is 10.6. The zero-order valence-corrected chi connectivity index (χ0v) is 23.9. The summed E-state index contributed by atoms with van der Waals surface area (Å²) in [6, 6.07) is 18.0. The van der Waals surface area contributed by atoms with Gasteiger partial charge in [0.25, 0.3) is 5.56 Å². The van der Waals surface area contributed by atoms with Crippen LogP contribution in [0.5, 0.6) is 5.75 Å². The molecule has 9 heteroatoms. The van der Waals surface area contributed by atoms with Crippen LogP contribution >= 0.6 is 0 Å². The molecule has 1 saturated heterocycles. The number of methoxy groups -OCH3 is 2. The number of esters is 1. The number of pyridine rings is 1. The van der Waals surface area contributed by atoms with E-state index in [1.54, 1.807) is 19.4 Å². The smallest absolute Gasteiger partial charge is 0.374 e. The highest BCUT2D eigenvalue weighted by Crippen LogP contribution is 2.22. The summed E-state index contributed by atoms with van der Waals surface area (Å²) < 4.78 is 11.9. The van der Waals surface area contributed by atoms with Crippen LogP contribution in [0.1, 0.15) is 45.8 Å². The minimum Gasteiger partial charge on any atom is -0.496 e. The van der Waals surface area contributed by atoms with Gasteiger partial charge in [-0.1, -0.05) is 42.5 Å². The Morgan fingerprint density at radius 3 is 2.56 bits per heavy atom. The van der Waals surface area contributed by atoms with E-state index in [4.69, 9.17) is 9.47 Å². The molecule has 41 heavy (non-hydrogen) atoms. The summed E-state index contributed by atoms with van der Waals surface area (Å²) in [5, 5.41) is 3.93. The average molecular weight is 556 g/mol. The number of likely N-dealkylation sites (tertiary alicyclic amines) is 1. The van der Waals surface area contributed by atoms with Gasteiger partial charge in [0.15, 0.2) is 0 Å². The molecule has 0 spiro atoms. The summed E-state index contributed by atoms with van der Waals surface area (Å²) in [5.74, 6) is 0.461. The van der Waals surface area contributed by atoms with Crippen LogP contribution in [0, 0.1) is 12.8 Å². The van der Waals surface area contributed by atoms with Gasteiger partial charge in [-0.25, -0.2) is 9.78 Å². The molecule has 5 rings (SSSR count). The van der Waals surface area contributed by atoms with Crippen molar-refractivity contribution in [2.75, 3.05) is 33.9 Å². The van der Waals surface area contributed by atoms with Crippen LogP contribution in [-0.4, -0.2) is 59.3 Å². The number of benzene rings is 2. The zero-order chi connectivity index (χ0) is 28.8. The van der Waals surface area contributed by atoms with Crippen molar-refractivity contribution in [1.29, 1.82) is 0 Å². The molecule has 2 aromatic heterocycles. The highest BCUT2D eigenvalue weighted by molar-refractivity contribution is 5.89. The van der Waals surface area contributed by atoms with Gasteiger partial charge in [0.1, 0.15) is 11.3 Å². The number of aryl methyl sites for hydroxylation is 1. The van der Waals surface area contributed by atoms with Gasteiger partial charge in [0, 0.05) is 24.8 Å². The van der Waals surface area contributed by atoms with E-state index < -0.39 is 5.97 Å². The van der Waals surface area contributed by atoms with E-state index >= 15 is 0 Å². The van der Waals surface area contributed by atoms with E-state index in [9.17, 15) is 9.59 Å². The second-order valence-electron chi connectivity index (χ2n) is 10.6. The third kappa shape index (κ3) is 6.64. The predicted molar refractivity (Wildman–Crippen MR) is 158 cm³/mol. The number of hydrogen-bond acceptors (Lipinski definition) is 8. The minimum absolute atomic E-state index is 0.0623. The fourth-order valence-corrected chi connectivity index (χ4v) is 5.46. The van der Waals surface area contributed by atoms with Crippen LogP contribution in [0.4, 0.5) is 0 Å². The monoisotopic (exact) mass is 555 g/mol. The van der Waals surface area contributed by atoms with Crippen molar-refractivity contribution in [1.82, 2.24) is 24.8 Å². The van der Waals surface area contributed by atoms with Crippen molar-refractivity contribution in [3.8, 4) is 5.75 Å². The number of aromatic nitrogens is 3. The first-order valence-electron chi connectivity index (χ1n) is 14.0. The van der Waals surface area contributed by atoms with E-state index in [-0.39, 0.29) is 17.9 Å². The Kier molecular flexibility index (Phi) is 9.06. The molecule has 1 fully saturated rings. The van der Waals surface area contributed by atoms with Gasteiger partial charge in [-0.2, -0.15) is 0 Å². The summed E-state index contributed by atoms with van der Waals surface area (Å²) in [7, 11) is 2.87. The molecule has 0 saturated carbocycles. The van der Waals surface area contributed by atoms with Crippen LogP contribution in [0.2, 0.25) is 0 Å². The van der Waals surface area contributed by atoms with Gasteiger partial charge in [0.2, 0.25) is 5.82 Å². The molecular formula is C32H37N5O4. The van der Waals surface area contributed by atoms with Crippen LogP contribution in [0.15, 0.2) is 65.6 Å². The van der Waals surface area contributed by atoms with E-state index in [0.717, 1.165) is 50.1 Å². The molecule has 0 unspecified atom stereocenters. The second kappa shape index (κ2) is 13.1. The molecule has 0 aliphatic carbocycles. The quantitative estimate of drug-likeness (QED) is 0.294. The van der Waals surface area contributed by atoms with Crippen LogP contribution < -0.4 is 15.6 Å².